The quantitative estimate of drug-likeness (QED) is 0.622. The summed E-state index contributed by atoms with van der Waals surface area (Å²) in [5.74, 6) is 0. The van der Waals surface area contributed by atoms with E-state index in [1.165, 1.54) is 0 Å². The lowest BCUT2D eigenvalue weighted by molar-refractivity contribution is -0.00663. The Morgan fingerprint density at radius 1 is 0.450 bits per heavy atom. The van der Waals surface area contributed by atoms with Crippen LogP contribution in [0.5, 0.6) is 0 Å². The molecule has 1 rings (SSSR count). The van der Waals surface area contributed by atoms with Gasteiger partial charge in [0.2, 0.25) is 0 Å². The molecule has 1 fully saturated rings. The molecule has 6 nitrogen and oxygen atoms in total. The molecule has 20 heavy (non-hydrogen) atoms. The van der Waals surface area contributed by atoms with Crippen LogP contribution in [0.2, 0.25) is 0 Å². The van der Waals surface area contributed by atoms with Crippen molar-refractivity contribution in [3.63, 3.8) is 0 Å². The number of rotatable bonds is 0. The summed E-state index contributed by atoms with van der Waals surface area (Å²) in [6, 6.07) is 0. The van der Waals surface area contributed by atoms with Gasteiger partial charge in [-0.1, -0.05) is 0 Å². The molecule has 0 aromatic heterocycles. The molecule has 0 spiro atoms. The van der Waals surface area contributed by atoms with Crippen LogP contribution in [0.3, 0.4) is 0 Å². The van der Waals surface area contributed by atoms with E-state index in [0.717, 1.165) is 39.4 Å². The van der Waals surface area contributed by atoms with Gasteiger partial charge in [-0.25, -0.2) is 0 Å². The van der Waals surface area contributed by atoms with Crippen LogP contribution >= 0.6 is 0 Å². The Morgan fingerprint density at radius 3 is 1.10 bits per heavy atom. The van der Waals surface area contributed by atoms with E-state index in [-0.39, 0.29) is 0 Å². The van der Waals surface area contributed by atoms with Gasteiger partial charge in [-0.2, -0.15) is 0 Å². The zero-order valence-electron chi connectivity index (χ0n) is 13.0. The molecule has 1 aliphatic heterocycles. The van der Waals surface area contributed by atoms with Gasteiger partial charge in [0.1, 0.15) is 0 Å². The summed E-state index contributed by atoms with van der Waals surface area (Å²) in [5, 5.41) is 0. The second-order valence-electron chi connectivity index (χ2n) is 5.06. The minimum atomic E-state index is 0.617. The molecule has 0 unspecified atom stereocenters. The zero-order valence-corrected chi connectivity index (χ0v) is 13.0. The highest BCUT2D eigenvalue weighted by atomic mass is 16.6. The van der Waals surface area contributed by atoms with Gasteiger partial charge in [0.05, 0.1) is 52.9 Å². The summed E-state index contributed by atoms with van der Waals surface area (Å²) >= 11 is 0. The molecule has 0 N–H and O–H groups in total. The van der Waals surface area contributed by atoms with Crippen LogP contribution in [0, 0.1) is 0 Å². The molecule has 1 heterocycles. The lowest BCUT2D eigenvalue weighted by Crippen LogP contribution is -2.34. The van der Waals surface area contributed by atoms with Crippen LogP contribution in [-0.4, -0.2) is 103 Å². The lowest BCUT2D eigenvalue weighted by atomic mass is 10.4. The fourth-order valence-electron chi connectivity index (χ4n) is 1.77. The third kappa shape index (κ3) is 10.5. The van der Waals surface area contributed by atoms with Gasteiger partial charge in [0.15, 0.2) is 0 Å². The van der Waals surface area contributed by atoms with Gasteiger partial charge in [0.25, 0.3) is 0 Å². The van der Waals surface area contributed by atoms with Crippen LogP contribution < -0.4 is 0 Å². The number of hydrogen-bond acceptors (Lipinski definition) is 6. The molecule has 0 aliphatic carbocycles. The van der Waals surface area contributed by atoms with Crippen LogP contribution in [0.25, 0.3) is 0 Å². The Bertz CT molecular complexity index is 197. The molecule has 0 aromatic rings. The molecule has 1 saturated heterocycles. The fraction of sp³-hybridized carbons (Fsp3) is 1.00. The first-order valence-corrected chi connectivity index (χ1v) is 7.47. The second kappa shape index (κ2) is 12.5. The normalized spacial score (nSPS) is 24.9. The Morgan fingerprint density at radius 2 is 0.750 bits per heavy atom. The largest absolute Gasteiger partial charge is 0.378 e. The maximum absolute atomic E-state index is 5.54. The van der Waals surface area contributed by atoms with E-state index in [1.54, 1.807) is 0 Å². The number of likely N-dealkylation sites (N-methyl/N-ethyl adjacent to an activating group) is 2. The SMILES string of the molecule is CN1CCOCCOCCOCCOCCN(C)CC1. The van der Waals surface area contributed by atoms with E-state index in [4.69, 9.17) is 18.9 Å². The monoisotopic (exact) mass is 290 g/mol. The Hall–Kier alpha value is -0.240. The predicted octanol–water partition coefficient (Wildman–Crippen LogP) is -0.0700. The lowest BCUT2D eigenvalue weighted by Gasteiger charge is -2.22. The van der Waals surface area contributed by atoms with E-state index < -0.39 is 0 Å². The van der Waals surface area contributed by atoms with Gasteiger partial charge in [-0.15, -0.1) is 0 Å². The van der Waals surface area contributed by atoms with Crippen LogP contribution in [-0.2, 0) is 18.9 Å². The molecule has 0 aromatic carbocycles. The zero-order chi connectivity index (χ0) is 14.5. The maximum atomic E-state index is 5.54. The molecule has 6 heteroatoms. The summed E-state index contributed by atoms with van der Waals surface area (Å²) in [4.78, 5) is 4.57. The average Bonchev–Trinajstić information content (AvgIpc) is 2.44. The van der Waals surface area contributed by atoms with Crippen molar-refractivity contribution in [2.45, 2.75) is 0 Å². The minimum absolute atomic E-state index is 0.617. The number of nitrogens with zero attached hydrogens (tertiary/aromatic N) is 2. The standard InChI is InChI=1S/C14H30N2O4/c1-15-3-4-16(2)6-8-18-10-12-20-14-13-19-11-9-17-7-5-15/h3-14H2,1-2H3. The first-order valence-electron chi connectivity index (χ1n) is 7.47. The van der Waals surface area contributed by atoms with Crippen molar-refractivity contribution in [2.24, 2.45) is 0 Å². The summed E-state index contributed by atoms with van der Waals surface area (Å²) in [7, 11) is 4.25. The van der Waals surface area contributed by atoms with E-state index >= 15 is 0 Å². The topological polar surface area (TPSA) is 43.4 Å². The summed E-state index contributed by atoms with van der Waals surface area (Å²) in [6.07, 6.45) is 0. The Balaban J connectivity index is 2.17. The summed E-state index contributed by atoms with van der Waals surface area (Å²) in [6.45, 7) is 9.29. The molecule has 0 saturated carbocycles. The summed E-state index contributed by atoms with van der Waals surface area (Å²) < 4.78 is 21.9. The average molecular weight is 290 g/mol. The van der Waals surface area contributed by atoms with Gasteiger partial charge in [-0.3, -0.25) is 0 Å². The van der Waals surface area contributed by atoms with Crippen molar-refractivity contribution in [3.8, 4) is 0 Å². The van der Waals surface area contributed by atoms with Crippen molar-refractivity contribution < 1.29 is 18.9 Å². The fourth-order valence-corrected chi connectivity index (χ4v) is 1.77. The molecular formula is C14H30N2O4. The molecule has 0 atom stereocenters. The highest BCUT2D eigenvalue weighted by Crippen LogP contribution is 1.90. The third-order valence-electron chi connectivity index (χ3n) is 3.21. The van der Waals surface area contributed by atoms with Gasteiger partial charge in [0, 0.05) is 26.2 Å². The second-order valence-corrected chi connectivity index (χ2v) is 5.06. The first-order chi connectivity index (χ1) is 9.79. The maximum Gasteiger partial charge on any atom is 0.0701 e. The number of hydrogen-bond donors (Lipinski definition) is 0. The Labute approximate surface area is 122 Å². The van der Waals surface area contributed by atoms with Crippen molar-refractivity contribution >= 4 is 0 Å². The van der Waals surface area contributed by atoms with Gasteiger partial charge in [-0.05, 0) is 14.1 Å². The van der Waals surface area contributed by atoms with Crippen molar-refractivity contribution in [2.75, 3.05) is 93.1 Å². The number of ether oxygens (including phenoxy) is 4. The molecule has 1 aliphatic rings. The van der Waals surface area contributed by atoms with Crippen LogP contribution in [0.1, 0.15) is 0 Å². The van der Waals surface area contributed by atoms with Gasteiger partial charge < -0.3 is 28.7 Å². The molecule has 120 valence electrons. The molecular weight excluding hydrogens is 260 g/mol. The van der Waals surface area contributed by atoms with Crippen LogP contribution in [0.15, 0.2) is 0 Å². The summed E-state index contributed by atoms with van der Waals surface area (Å²) in [5.41, 5.74) is 0. The Kier molecular flexibility index (Phi) is 11.1. The first kappa shape index (κ1) is 17.8. The molecule has 0 radical (unpaired) electrons. The highest BCUT2D eigenvalue weighted by Gasteiger charge is 2.03. The third-order valence-corrected chi connectivity index (χ3v) is 3.21. The van der Waals surface area contributed by atoms with Crippen molar-refractivity contribution in [1.29, 1.82) is 0 Å². The van der Waals surface area contributed by atoms with Gasteiger partial charge >= 0.3 is 0 Å². The van der Waals surface area contributed by atoms with E-state index in [9.17, 15) is 0 Å². The van der Waals surface area contributed by atoms with Crippen LogP contribution in [0.4, 0.5) is 0 Å². The minimum Gasteiger partial charge on any atom is -0.378 e. The smallest absolute Gasteiger partial charge is 0.0701 e. The van der Waals surface area contributed by atoms with Crippen molar-refractivity contribution in [3.05, 3.63) is 0 Å². The predicted molar refractivity (Wildman–Crippen MR) is 78.3 cm³/mol. The van der Waals surface area contributed by atoms with E-state index in [1.807, 2.05) is 0 Å². The van der Waals surface area contributed by atoms with E-state index in [2.05, 4.69) is 23.9 Å². The van der Waals surface area contributed by atoms with Crippen molar-refractivity contribution in [1.82, 2.24) is 9.80 Å². The van der Waals surface area contributed by atoms with E-state index in [0.29, 0.717) is 39.6 Å². The molecule has 0 amide bonds. The highest BCUT2D eigenvalue weighted by molar-refractivity contribution is 4.57. The molecule has 0 bridgehead atoms.